The smallest absolute Gasteiger partial charge is 0.340 e. The number of sulfonamides is 1. The molecule has 0 aliphatic carbocycles. The minimum atomic E-state index is -3.70. The number of ether oxygens (including phenoxy) is 2. The van der Waals surface area contributed by atoms with E-state index in [1.807, 2.05) is 0 Å². The zero-order chi connectivity index (χ0) is 22.6. The summed E-state index contributed by atoms with van der Waals surface area (Å²) in [6, 6.07) is 6.59. The number of nitrogens with zero attached hydrogens (tertiary/aromatic N) is 1. The zero-order valence-corrected chi connectivity index (χ0v) is 18.7. The highest BCUT2D eigenvalue weighted by molar-refractivity contribution is 7.89. The van der Waals surface area contributed by atoms with Gasteiger partial charge in [0.2, 0.25) is 10.0 Å². The molecular formula is C21H27N3O6S. The second-order valence-corrected chi connectivity index (χ2v) is 9.06. The minimum Gasteiger partial charge on any atom is -0.462 e. The molecule has 1 aliphatic heterocycles. The summed E-state index contributed by atoms with van der Waals surface area (Å²) in [7, 11) is -3.70. The summed E-state index contributed by atoms with van der Waals surface area (Å²) < 4.78 is 37.8. The van der Waals surface area contributed by atoms with Gasteiger partial charge in [-0.25, -0.2) is 13.2 Å². The lowest BCUT2D eigenvalue weighted by atomic mass is 10.1. The van der Waals surface area contributed by atoms with Crippen LogP contribution in [0.5, 0.6) is 0 Å². The Morgan fingerprint density at radius 1 is 1.19 bits per heavy atom. The minimum absolute atomic E-state index is 0.0187. The van der Waals surface area contributed by atoms with Gasteiger partial charge in [0, 0.05) is 25.3 Å². The Balaban J connectivity index is 1.79. The Bertz CT molecular complexity index is 1070. The molecule has 9 nitrogen and oxygen atoms in total. The van der Waals surface area contributed by atoms with Gasteiger partial charge in [0.05, 0.1) is 30.3 Å². The van der Waals surface area contributed by atoms with E-state index in [2.05, 4.69) is 10.3 Å². The fourth-order valence-corrected chi connectivity index (χ4v) is 5.21. The number of amides is 1. The molecule has 2 N–H and O–H groups in total. The molecule has 1 aromatic heterocycles. The summed E-state index contributed by atoms with van der Waals surface area (Å²) in [5.41, 5.74) is 2.09. The highest BCUT2D eigenvalue weighted by atomic mass is 32.2. The van der Waals surface area contributed by atoms with Gasteiger partial charge in [-0.1, -0.05) is 18.2 Å². The molecule has 1 aliphatic rings. The van der Waals surface area contributed by atoms with Gasteiger partial charge in [-0.15, -0.1) is 0 Å². The van der Waals surface area contributed by atoms with E-state index in [9.17, 15) is 18.0 Å². The number of rotatable bonds is 7. The van der Waals surface area contributed by atoms with Crippen LogP contribution < -0.4 is 5.32 Å². The number of carbonyl (C=O) groups excluding carboxylic acids is 2. The van der Waals surface area contributed by atoms with Crippen molar-refractivity contribution >= 4 is 21.9 Å². The van der Waals surface area contributed by atoms with Gasteiger partial charge >= 0.3 is 5.97 Å². The SMILES string of the molecule is CCOC(=O)c1c(C)[nH]c(C(=O)NCc2ccccc2S(=O)(=O)N2CCOCC2)c1C. The highest BCUT2D eigenvalue weighted by Crippen LogP contribution is 2.22. The van der Waals surface area contributed by atoms with Crippen LogP contribution in [0.1, 0.15) is 44.6 Å². The predicted octanol–water partition coefficient (Wildman–Crippen LogP) is 1.76. The van der Waals surface area contributed by atoms with Crippen LogP contribution in [0.4, 0.5) is 0 Å². The Hall–Kier alpha value is -2.69. The fourth-order valence-electron chi connectivity index (χ4n) is 3.58. The first-order valence-electron chi connectivity index (χ1n) is 10.1. The van der Waals surface area contributed by atoms with Gasteiger partial charge in [0.15, 0.2) is 0 Å². The lowest BCUT2D eigenvalue weighted by Gasteiger charge is -2.27. The van der Waals surface area contributed by atoms with E-state index in [-0.39, 0.29) is 23.7 Å². The number of aromatic amines is 1. The maximum Gasteiger partial charge on any atom is 0.340 e. The number of morpholine rings is 1. The number of benzene rings is 1. The summed E-state index contributed by atoms with van der Waals surface area (Å²) in [5, 5.41) is 2.75. The lowest BCUT2D eigenvalue weighted by Crippen LogP contribution is -2.41. The van der Waals surface area contributed by atoms with Crippen molar-refractivity contribution in [3.8, 4) is 0 Å². The van der Waals surface area contributed by atoms with Crippen LogP contribution in [-0.2, 0) is 26.0 Å². The van der Waals surface area contributed by atoms with Gasteiger partial charge in [-0.2, -0.15) is 4.31 Å². The maximum absolute atomic E-state index is 13.1. The molecule has 0 spiro atoms. The Labute approximate surface area is 181 Å². The van der Waals surface area contributed by atoms with Gasteiger partial charge in [-0.3, -0.25) is 4.79 Å². The number of nitrogens with one attached hydrogen (secondary N) is 2. The molecular weight excluding hydrogens is 422 g/mol. The molecule has 3 rings (SSSR count). The molecule has 2 aromatic rings. The number of esters is 1. The number of hydrogen-bond acceptors (Lipinski definition) is 6. The molecule has 0 radical (unpaired) electrons. The summed E-state index contributed by atoms with van der Waals surface area (Å²) in [6.07, 6.45) is 0. The van der Waals surface area contributed by atoms with Crippen molar-refractivity contribution < 1.29 is 27.5 Å². The van der Waals surface area contributed by atoms with E-state index in [4.69, 9.17) is 9.47 Å². The summed E-state index contributed by atoms with van der Waals surface area (Å²) >= 11 is 0. The first kappa shape index (κ1) is 23.0. The molecule has 31 heavy (non-hydrogen) atoms. The quantitative estimate of drug-likeness (QED) is 0.622. The number of H-pyrrole nitrogens is 1. The van der Waals surface area contributed by atoms with Crippen LogP contribution in [0.25, 0.3) is 0 Å². The lowest BCUT2D eigenvalue weighted by molar-refractivity contribution is 0.0525. The Morgan fingerprint density at radius 2 is 1.87 bits per heavy atom. The van der Waals surface area contributed by atoms with E-state index < -0.39 is 21.9 Å². The standard InChI is InChI=1S/C21H27N3O6S/c1-4-30-21(26)18-14(2)19(23-15(18)3)20(25)22-13-16-7-5-6-8-17(16)31(27,28)24-9-11-29-12-10-24/h5-8,23H,4,9-13H2,1-3H3,(H,22,25). The largest absolute Gasteiger partial charge is 0.462 e. The predicted molar refractivity (Wildman–Crippen MR) is 113 cm³/mol. The van der Waals surface area contributed by atoms with Crippen LogP contribution in [0.3, 0.4) is 0 Å². The van der Waals surface area contributed by atoms with Crippen LogP contribution >= 0.6 is 0 Å². The second kappa shape index (κ2) is 9.63. The first-order chi connectivity index (χ1) is 14.8. The van der Waals surface area contributed by atoms with Gasteiger partial charge in [0.25, 0.3) is 5.91 Å². The van der Waals surface area contributed by atoms with Crippen LogP contribution in [0.15, 0.2) is 29.2 Å². The van der Waals surface area contributed by atoms with Crippen LogP contribution in [-0.4, -0.2) is 62.5 Å². The molecule has 0 atom stereocenters. The van der Waals surface area contributed by atoms with Crippen molar-refractivity contribution in [3.63, 3.8) is 0 Å². The van der Waals surface area contributed by atoms with Crippen molar-refractivity contribution in [3.05, 3.63) is 52.3 Å². The van der Waals surface area contributed by atoms with Gasteiger partial charge in [0.1, 0.15) is 5.69 Å². The van der Waals surface area contributed by atoms with Crippen LogP contribution in [0.2, 0.25) is 0 Å². The molecule has 0 saturated carbocycles. The van der Waals surface area contributed by atoms with Gasteiger partial charge < -0.3 is 19.8 Å². The topological polar surface area (TPSA) is 118 Å². The third-order valence-electron chi connectivity index (χ3n) is 5.14. The second-order valence-electron chi connectivity index (χ2n) is 7.15. The monoisotopic (exact) mass is 449 g/mol. The molecule has 10 heteroatoms. The van der Waals surface area contributed by atoms with E-state index in [0.717, 1.165) is 0 Å². The molecule has 1 saturated heterocycles. The molecule has 0 bridgehead atoms. The number of carbonyl (C=O) groups is 2. The van der Waals surface area contributed by atoms with Crippen molar-refractivity contribution in [2.24, 2.45) is 0 Å². The summed E-state index contributed by atoms with van der Waals surface area (Å²) in [5.74, 6) is -0.926. The molecule has 1 aromatic carbocycles. The van der Waals surface area contributed by atoms with E-state index in [1.54, 1.807) is 39.0 Å². The first-order valence-corrected chi connectivity index (χ1v) is 11.5. The molecule has 168 valence electrons. The summed E-state index contributed by atoms with van der Waals surface area (Å²) in [4.78, 5) is 28.0. The zero-order valence-electron chi connectivity index (χ0n) is 17.9. The van der Waals surface area contributed by atoms with Crippen molar-refractivity contribution in [2.45, 2.75) is 32.2 Å². The van der Waals surface area contributed by atoms with Crippen molar-refractivity contribution in [1.29, 1.82) is 0 Å². The van der Waals surface area contributed by atoms with Crippen molar-refractivity contribution in [2.75, 3.05) is 32.9 Å². The number of aryl methyl sites for hydroxylation is 1. The molecule has 1 fully saturated rings. The average molecular weight is 450 g/mol. The maximum atomic E-state index is 13.1. The average Bonchev–Trinajstić information content (AvgIpc) is 3.07. The Kier molecular flexibility index (Phi) is 7.14. The van der Waals surface area contributed by atoms with E-state index in [1.165, 1.54) is 10.4 Å². The normalized spacial score (nSPS) is 14.9. The third-order valence-corrected chi connectivity index (χ3v) is 7.14. The van der Waals surface area contributed by atoms with Gasteiger partial charge in [-0.05, 0) is 38.0 Å². The summed E-state index contributed by atoms with van der Waals surface area (Å²) in [6.45, 7) is 6.62. The third kappa shape index (κ3) is 4.81. The molecule has 1 amide bonds. The number of hydrogen-bond donors (Lipinski definition) is 2. The van der Waals surface area contributed by atoms with E-state index in [0.29, 0.717) is 48.7 Å². The Morgan fingerprint density at radius 3 is 2.55 bits per heavy atom. The fraction of sp³-hybridized carbons (Fsp3) is 0.429. The molecule has 0 unspecified atom stereocenters. The van der Waals surface area contributed by atoms with Crippen LogP contribution in [0, 0.1) is 13.8 Å². The van der Waals surface area contributed by atoms with Crippen molar-refractivity contribution in [1.82, 2.24) is 14.6 Å². The van der Waals surface area contributed by atoms with E-state index >= 15 is 0 Å². The number of aromatic nitrogens is 1. The highest BCUT2D eigenvalue weighted by Gasteiger charge is 2.29. The molecule has 2 heterocycles.